The molecule has 0 fully saturated rings. The van der Waals surface area contributed by atoms with Gasteiger partial charge in [-0.15, -0.1) is 0 Å². The first-order valence-electron chi connectivity index (χ1n) is 3.96. The zero-order chi connectivity index (χ0) is 11.3. The molecular formula is C7H13NO6. The molecule has 0 aromatic carbocycles. The highest BCUT2D eigenvalue weighted by Crippen LogP contribution is 2.08. The molecule has 0 aliphatic rings. The Hall–Kier alpha value is -1.21. The molecule has 0 amide bonds. The Balaban J connectivity index is 4.44. The third kappa shape index (κ3) is 3.67. The van der Waals surface area contributed by atoms with Gasteiger partial charge < -0.3 is 14.9 Å². The fraction of sp³-hybridized carbons (Fsp3) is 0.857. The minimum Gasteiger partial charge on any atom is -0.469 e. The van der Waals surface area contributed by atoms with Crippen molar-refractivity contribution in [3.8, 4) is 0 Å². The minimum atomic E-state index is -1.58. The standard InChI is InChI=1S/C7H13NO6/c1-4(9)7(11)5(8(12)13)3-6(10)14-2/h4-5,7,9,11H,3H2,1-2H3. The van der Waals surface area contributed by atoms with Crippen LogP contribution in [-0.4, -0.2) is 46.5 Å². The Morgan fingerprint density at radius 2 is 2.07 bits per heavy atom. The van der Waals surface area contributed by atoms with E-state index < -0.39 is 35.6 Å². The molecule has 0 rings (SSSR count). The van der Waals surface area contributed by atoms with Crippen molar-refractivity contribution in [2.75, 3.05) is 7.11 Å². The van der Waals surface area contributed by atoms with Gasteiger partial charge in [0.15, 0.2) is 0 Å². The summed E-state index contributed by atoms with van der Waals surface area (Å²) in [7, 11) is 1.09. The normalized spacial score (nSPS) is 16.9. The van der Waals surface area contributed by atoms with E-state index in [2.05, 4.69) is 4.74 Å². The van der Waals surface area contributed by atoms with Gasteiger partial charge in [-0.1, -0.05) is 0 Å². The molecule has 0 radical (unpaired) electrons. The third-order valence-corrected chi connectivity index (χ3v) is 1.76. The number of esters is 1. The summed E-state index contributed by atoms with van der Waals surface area (Å²) in [6, 6.07) is -1.54. The van der Waals surface area contributed by atoms with Crippen molar-refractivity contribution in [3.05, 3.63) is 10.1 Å². The maximum Gasteiger partial charge on any atom is 0.312 e. The molecular weight excluding hydrogens is 194 g/mol. The van der Waals surface area contributed by atoms with Gasteiger partial charge in [-0.3, -0.25) is 14.9 Å². The van der Waals surface area contributed by atoms with Crippen LogP contribution in [0.5, 0.6) is 0 Å². The van der Waals surface area contributed by atoms with Crippen LogP contribution in [0.2, 0.25) is 0 Å². The van der Waals surface area contributed by atoms with Gasteiger partial charge in [-0.2, -0.15) is 0 Å². The second-order valence-corrected chi connectivity index (χ2v) is 2.86. The van der Waals surface area contributed by atoms with Crippen LogP contribution in [-0.2, 0) is 9.53 Å². The molecule has 0 bridgehead atoms. The summed E-state index contributed by atoms with van der Waals surface area (Å²) in [5, 5.41) is 28.5. The Labute approximate surface area is 80.4 Å². The Morgan fingerprint density at radius 1 is 1.57 bits per heavy atom. The molecule has 2 N–H and O–H groups in total. The van der Waals surface area contributed by atoms with E-state index in [4.69, 9.17) is 5.11 Å². The topological polar surface area (TPSA) is 110 Å². The van der Waals surface area contributed by atoms with Crippen LogP contribution < -0.4 is 0 Å². The SMILES string of the molecule is COC(=O)CC(C(O)C(C)O)[N+](=O)[O-]. The summed E-state index contributed by atoms with van der Waals surface area (Å²) in [5.74, 6) is -0.800. The molecule has 0 spiro atoms. The lowest BCUT2D eigenvalue weighted by Gasteiger charge is -2.17. The molecule has 14 heavy (non-hydrogen) atoms. The number of methoxy groups -OCH3 is 1. The van der Waals surface area contributed by atoms with Gasteiger partial charge in [0.2, 0.25) is 0 Å². The van der Waals surface area contributed by atoms with Gasteiger partial charge in [-0.05, 0) is 6.92 Å². The van der Waals surface area contributed by atoms with Crippen LogP contribution in [0.1, 0.15) is 13.3 Å². The van der Waals surface area contributed by atoms with Crippen LogP contribution in [0.3, 0.4) is 0 Å². The van der Waals surface area contributed by atoms with E-state index in [0.717, 1.165) is 7.11 Å². The molecule has 0 aromatic rings. The fourth-order valence-electron chi connectivity index (χ4n) is 0.896. The zero-order valence-corrected chi connectivity index (χ0v) is 7.91. The molecule has 7 nitrogen and oxygen atoms in total. The van der Waals surface area contributed by atoms with Gasteiger partial charge >= 0.3 is 5.97 Å². The molecule has 0 aromatic heterocycles. The Kier molecular flexibility index (Phi) is 5.03. The van der Waals surface area contributed by atoms with Crippen LogP contribution in [0, 0.1) is 10.1 Å². The Bertz CT molecular complexity index is 216. The van der Waals surface area contributed by atoms with Crippen molar-refractivity contribution < 1.29 is 24.7 Å². The van der Waals surface area contributed by atoms with E-state index in [1.54, 1.807) is 0 Å². The molecule has 0 heterocycles. The van der Waals surface area contributed by atoms with Crippen LogP contribution in [0.4, 0.5) is 0 Å². The van der Waals surface area contributed by atoms with E-state index in [1.165, 1.54) is 6.92 Å². The number of ether oxygens (including phenoxy) is 1. The number of carbonyl (C=O) groups is 1. The van der Waals surface area contributed by atoms with Crippen molar-refractivity contribution in [2.24, 2.45) is 0 Å². The predicted molar refractivity (Wildman–Crippen MR) is 45.1 cm³/mol. The van der Waals surface area contributed by atoms with Gasteiger partial charge in [0.25, 0.3) is 6.04 Å². The second-order valence-electron chi connectivity index (χ2n) is 2.86. The highest BCUT2D eigenvalue weighted by molar-refractivity contribution is 5.69. The average molecular weight is 207 g/mol. The van der Waals surface area contributed by atoms with Crippen LogP contribution >= 0.6 is 0 Å². The largest absolute Gasteiger partial charge is 0.469 e. The van der Waals surface area contributed by atoms with Crippen molar-refractivity contribution in [1.29, 1.82) is 0 Å². The summed E-state index contributed by atoms with van der Waals surface area (Å²) in [6.45, 7) is 1.21. The average Bonchev–Trinajstić information content (AvgIpc) is 2.11. The maximum absolute atomic E-state index is 10.7. The van der Waals surface area contributed by atoms with E-state index in [9.17, 15) is 20.0 Å². The molecule has 7 heteroatoms. The summed E-state index contributed by atoms with van der Waals surface area (Å²) >= 11 is 0. The molecule has 0 aliphatic heterocycles. The first-order valence-corrected chi connectivity index (χ1v) is 3.96. The summed E-state index contributed by atoms with van der Waals surface area (Å²) < 4.78 is 4.22. The van der Waals surface area contributed by atoms with Gasteiger partial charge in [0, 0.05) is 4.92 Å². The summed E-state index contributed by atoms with van der Waals surface area (Å²) in [5.41, 5.74) is 0. The third-order valence-electron chi connectivity index (χ3n) is 1.76. The lowest BCUT2D eigenvalue weighted by atomic mass is 10.0. The number of hydrogen-bond donors (Lipinski definition) is 2. The van der Waals surface area contributed by atoms with Gasteiger partial charge in [0.1, 0.15) is 12.5 Å². The quantitative estimate of drug-likeness (QED) is 0.337. The number of aliphatic hydroxyl groups is 2. The molecule has 0 saturated carbocycles. The lowest BCUT2D eigenvalue weighted by Crippen LogP contribution is -2.42. The fourth-order valence-corrected chi connectivity index (χ4v) is 0.896. The minimum absolute atomic E-state index is 0.560. The van der Waals surface area contributed by atoms with Crippen molar-refractivity contribution in [3.63, 3.8) is 0 Å². The van der Waals surface area contributed by atoms with Crippen molar-refractivity contribution >= 4 is 5.97 Å². The number of rotatable bonds is 5. The zero-order valence-electron chi connectivity index (χ0n) is 7.91. The van der Waals surface area contributed by atoms with Gasteiger partial charge in [-0.25, -0.2) is 0 Å². The highest BCUT2D eigenvalue weighted by atomic mass is 16.6. The number of aliphatic hydroxyl groups excluding tert-OH is 2. The van der Waals surface area contributed by atoms with Crippen LogP contribution in [0.25, 0.3) is 0 Å². The number of nitrogens with zero attached hydrogens (tertiary/aromatic N) is 1. The summed E-state index contributed by atoms with van der Waals surface area (Å²) in [4.78, 5) is 20.3. The molecule has 3 unspecified atom stereocenters. The van der Waals surface area contributed by atoms with E-state index in [-0.39, 0.29) is 0 Å². The first kappa shape index (κ1) is 12.8. The van der Waals surface area contributed by atoms with Crippen molar-refractivity contribution in [1.82, 2.24) is 0 Å². The molecule has 3 atom stereocenters. The highest BCUT2D eigenvalue weighted by Gasteiger charge is 2.35. The number of hydrogen-bond acceptors (Lipinski definition) is 6. The number of nitro groups is 1. The Morgan fingerprint density at radius 3 is 2.36 bits per heavy atom. The molecule has 0 aliphatic carbocycles. The monoisotopic (exact) mass is 207 g/mol. The second kappa shape index (κ2) is 5.51. The van der Waals surface area contributed by atoms with E-state index in [1.807, 2.05) is 0 Å². The van der Waals surface area contributed by atoms with Crippen molar-refractivity contribution in [2.45, 2.75) is 31.6 Å². The smallest absolute Gasteiger partial charge is 0.312 e. The number of carbonyl (C=O) groups excluding carboxylic acids is 1. The maximum atomic E-state index is 10.7. The van der Waals surface area contributed by atoms with E-state index in [0.29, 0.717) is 0 Å². The first-order chi connectivity index (χ1) is 6.40. The summed E-state index contributed by atoms with van der Waals surface area (Å²) in [6.07, 6.45) is -3.41. The molecule has 0 saturated heterocycles. The van der Waals surface area contributed by atoms with Crippen LogP contribution in [0.15, 0.2) is 0 Å². The predicted octanol–water partition coefficient (Wildman–Crippen LogP) is -1.06. The lowest BCUT2D eigenvalue weighted by molar-refractivity contribution is -0.535. The van der Waals surface area contributed by atoms with Gasteiger partial charge in [0.05, 0.1) is 13.2 Å². The van der Waals surface area contributed by atoms with E-state index >= 15 is 0 Å². The molecule has 82 valence electrons.